The van der Waals surface area contributed by atoms with Crippen molar-refractivity contribution in [2.24, 2.45) is 0 Å². The second-order valence-electron chi connectivity index (χ2n) is 6.21. The second kappa shape index (κ2) is 7.46. The van der Waals surface area contributed by atoms with Crippen molar-refractivity contribution in [2.45, 2.75) is 19.5 Å². The van der Waals surface area contributed by atoms with E-state index in [-0.39, 0.29) is 18.5 Å². The maximum absolute atomic E-state index is 12.9. The van der Waals surface area contributed by atoms with Crippen LogP contribution in [0.25, 0.3) is 0 Å². The smallest absolute Gasteiger partial charge is 0.254 e. The van der Waals surface area contributed by atoms with Crippen molar-refractivity contribution in [3.8, 4) is 5.75 Å². The molecule has 2 aromatic rings. The fourth-order valence-electron chi connectivity index (χ4n) is 3.02. The Morgan fingerprint density at radius 3 is 2.96 bits per heavy atom. The molecular formula is C17H22N4O4S. The number of nitrogens with zero attached hydrogens (tertiary/aromatic N) is 3. The Morgan fingerprint density at radius 2 is 2.23 bits per heavy atom. The van der Waals surface area contributed by atoms with Crippen molar-refractivity contribution < 1.29 is 17.9 Å². The lowest BCUT2D eigenvalue weighted by molar-refractivity contribution is 0.0680. The molecule has 1 aromatic heterocycles. The number of sulfonamides is 1. The summed E-state index contributed by atoms with van der Waals surface area (Å²) in [5.74, 6) is 0.527. The third-order valence-electron chi connectivity index (χ3n) is 4.18. The number of amides is 1. The first-order valence-electron chi connectivity index (χ1n) is 8.35. The van der Waals surface area contributed by atoms with Gasteiger partial charge in [0, 0.05) is 24.8 Å². The monoisotopic (exact) mass is 378 g/mol. The van der Waals surface area contributed by atoms with E-state index in [1.807, 2.05) is 17.6 Å². The highest BCUT2D eigenvalue weighted by atomic mass is 32.2. The van der Waals surface area contributed by atoms with Crippen LogP contribution in [0.5, 0.6) is 5.75 Å². The predicted octanol–water partition coefficient (Wildman–Crippen LogP) is 1.03. The van der Waals surface area contributed by atoms with Gasteiger partial charge in [-0.15, -0.1) is 0 Å². The molecule has 1 unspecified atom stereocenters. The van der Waals surface area contributed by atoms with E-state index in [4.69, 9.17) is 4.74 Å². The van der Waals surface area contributed by atoms with Gasteiger partial charge in [0.15, 0.2) is 0 Å². The van der Waals surface area contributed by atoms with E-state index in [9.17, 15) is 13.2 Å². The van der Waals surface area contributed by atoms with E-state index in [0.717, 1.165) is 11.9 Å². The number of fused-ring (bicyclic) bond motifs is 1. The van der Waals surface area contributed by atoms with Gasteiger partial charge in [-0.1, -0.05) is 6.07 Å². The van der Waals surface area contributed by atoms with Crippen molar-refractivity contribution in [1.82, 2.24) is 19.2 Å². The first-order chi connectivity index (χ1) is 12.4. The minimum Gasteiger partial charge on any atom is -0.494 e. The summed E-state index contributed by atoms with van der Waals surface area (Å²) in [5, 5.41) is 0. The summed E-state index contributed by atoms with van der Waals surface area (Å²) in [6.07, 6.45) is 4.48. The average molecular weight is 378 g/mol. The zero-order valence-corrected chi connectivity index (χ0v) is 15.6. The molecule has 2 heterocycles. The van der Waals surface area contributed by atoms with E-state index in [0.29, 0.717) is 31.0 Å². The Kier molecular flexibility index (Phi) is 5.28. The number of rotatable bonds is 6. The van der Waals surface area contributed by atoms with Crippen LogP contribution >= 0.6 is 0 Å². The molecule has 0 fully saturated rings. The van der Waals surface area contributed by atoms with Crippen LogP contribution in [0.15, 0.2) is 36.8 Å². The molecule has 0 radical (unpaired) electrons. The van der Waals surface area contributed by atoms with Crippen LogP contribution in [0, 0.1) is 0 Å². The second-order valence-corrected chi connectivity index (χ2v) is 8.05. The molecule has 0 aliphatic carbocycles. The number of benzene rings is 1. The minimum atomic E-state index is -3.31. The molecule has 0 spiro atoms. The number of hydrogen-bond acceptors (Lipinski definition) is 5. The number of imidazole rings is 1. The third-order valence-corrected chi connectivity index (χ3v) is 4.88. The van der Waals surface area contributed by atoms with Crippen LogP contribution in [0.1, 0.15) is 29.0 Å². The molecule has 1 atom stereocenters. The number of ether oxygens (including phenoxy) is 1. The van der Waals surface area contributed by atoms with E-state index in [2.05, 4.69) is 9.71 Å². The van der Waals surface area contributed by atoms with Gasteiger partial charge >= 0.3 is 0 Å². The van der Waals surface area contributed by atoms with Crippen LogP contribution < -0.4 is 9.46 Å². The summed E-state index contributed by atoms with van der Waals surface area (Å²) in [6.45, 7) is 3.43. The molecule has 0 saturated heterocycles. The number of carbonyl (C=O) groups is 1. The summed E-state index contributed by atoms with van der Waals surface area (Å²) in [5.41, 5.74) is 1.41. The van der Waals surface area contributed by atoms with Gasteiger partial charge < -0.3 is 14.2 Å². The molecule has 3 rings (SSSR count). The predicted molar refractivity (Wildman–Crippen MR) is 96.5 cm³/mol. The van der Waals surface area contributed by atoms with Gasteiger partial charge in [-0.3, -0.25) is 4.79 Å². The van der Waals surface area contributed by atoms with Crippen molar-refractivity contribution >= 4 is 15.9 Å². The lowest BCUT2D eigenvalue weighted by Gasteiger charge is -2.34. The van der Waals surface area contributed by atoms with Gasteiger partial charge in [0.1, 0.15) is 5.75 Å². The lowest BCUT2D eigenvalue weighted by atomic mass is 10.1. The normalized spacial score (nSPS) is 17.0. The van der Waals surface area contributed by atoms with Crippen molar-refractivity contribution in [3.63, 3.8) is 0 Å². The number of carbonyl (C=O) groups excluding carboxylic acids is 1. The largest absolute Gasteiger partial charge is 0.494 e. The van der Waals surface area contributed by atoms with Crippen molar-refractivity contribution in [1.29, 1.82) is 0 Å². The minimum absolute atomic E-state index is 0.122. The van der Waals surface area contributed by atoms with Gasteiger partial charge in [-0.05, 0) is 25.1 Å². The highest BCUT2D eigenvalue weighted by Crippen LogP contribution is 2.23. The first-order valence-corrected chi connectivity index (χ1v) is 10.2. The molecule has 0 saturated carbocycles. The van der Waals surface area contributed by atoms with E-state index in [1.165, 1.54) is 0 Å². The highest BCUT2D eigenvalue weighted by Gasteiger charge is 2.29. The van der Waals surface area contributed by atoms with Gasteiger partial charge in [0.25, 0.3) is 5.91 Å². The Hall–Kier alpha value is -2.39. The maximum atomic E-state index is 12.9. The summed E-state index contributed by atoms with van der Waals surface area (Å²) < 4.78 is 32.8. The van der Waals surface area contributed by atoms with Crippen LogP contribution in [0.3, 0.4) is 0 Å². The Balaban J connectivity index is 1.80. The zero-order chi connectivity index (χ0) is 18.7. The molecule has 26 heavy (non-hydrogen) atoms. The van der Waals surface area contributed by atoms with Crippen molar-refractivity contribution in [2.75, 3.05) is 26.0 Å². The molecule has 9 heteroatoms. The lowest BCUT2D eigenvalue weighted by Crippen LogP contribution is -2.44. The van der Waals surface area contributed by atoms with Gasteiger partial charge in [-0.25, -0.2) is 18.1 Å². The Morgan fingerprint density at radius 1 is 1.42 bits per heavy atom. The summed E-state index contributed by atoms with van der Waals surface area (Å²) >= 11 is 0. The Bertz CT molecular complexity index is 894. The molecule has 1 aromatic carbocycles. The van der Waals surface area contributed by atoms with Crippen molar-refractivity contribution in [3.05, 3.63) is 48.0 Å². The van der Waals surface area contributed by atoms with E-state index in [1.54, 1.807) is 35.6 Å². The number of nitrogens with one attached hydrogen (secondary N) is 1. The molecule has 1 aliphatic rings. The molecule has 1 amide bonds. The molecule has 1 N–H and O–H groups in total. The SMILES string of the molecule is CCOc1cccc(C(=O)N2Cc3cncn3C(CNS(C)(=O)=O)C2)c1. The van der Waals surface area contributed by atoms with Crippen LogP contribution in [-0.2, 0) is 16.6 Å². The fourth-order valence-corrected chi connectivity index (χ4v) is 3.51. The summed E-state index contributed by atoms with van der Waals surface area (Å²) in [4.78, 5) is 18.8. The van der Waals surface area contributed by atoms with Gasteiger partial charge in [0.05, 0.1) is 37.5 Å². The standard InChI is InChI=1S/C17H22N4O4S/c1-3-25-16-6-4-5-13(7-16)17(22)20-10-14-8-18-12-21(14)15(11-20)9-19-26(2,23)24/h4-8,12,15,19H,3,9-11H2,1-2H3. The zero-order valence-electron chi connectivity index (χ0n) is 14.8. The number of aromatic nitrogens is 2. The summed E-state index contributed by atoms with van der Waals surface area (Å²) in [7, 11) is -3.31. The van der Waals surface area contributed by atoms with E-state index >= 15 is 0 Å². The van der Waals surface area contributed by atoms with Crippen LogP contribution in [0.2, 0.25) is 0 Å². The topological polar surface area (TPSA) is 93.5 Å². The quantitative estimate of drug-likeness (QED) is 0.810. The first kappa shape index (κ1) is 18.4. The highest BCUT2D eigenvalue weighted by molar-refractivity contribution is 7.88. The molecular weight excluding hydrogens is 356 g/mol. The number of hydrogen-bond donors (Lipinski definition) is 1. The third kappa shape index (κ3) is 4.23. The Labute approximate surface area is 152 Å². The average Bonchev–Trinajstić information content (AvgIpc) is 3.07. The van der Waals surface area contributed by atoms with Crippen LogP contribution in [0.4, 0.5) is 0 Å². The maximum Gasteiger partial charge on any atom is 0.254 e. The van der Waals surface area contributed by atoms with Crippen LogP contribution in [-0.4, -0.2) is 54.7 Å². The molecule has 0 bridgehead atoms. The fraction of sp³-hybridized carbons (Fsp3) is 0.412. The molecule has 140 valence electrons. The summed E-state index contributed by atoms with van der Waals surface area (Å²) in [6, 6.07) is 6.86. The molecule has 8 nitrogen and oxygen atoms in total. The van der Waals surface area contributed by atoms with Gasteiger partial charge in [-0.2, -0.15) is 0 Å². The van der Waals surface area contributed by atoms with Gasteiger partial charge in [0.2, 0.25) is 10.0 Å². The van der Waals surface area contributed by atoms with E-state index < -0.39 is 10.0 Å². The molecule has 1 aliphatic heterocycles.